The molecular formula is C11H15N3O4. The zero-order valence-corrected chi connectivity index (χ0v) is 10.0. The number of piperidine rings is 1. The number of rotatable bonds is 2. The van der Waals surface area contributed by atoms with Crippen LogP contribution in [0.25, 0.3) is 0 Å². The number of nitrogens with one attached hydrogen (secondary N) is 1. The molecule has 0 spiro atoms. The number of hydrogen-bond donors (Lipinski definition) is 2. The van der Waals surface area contributed by atoms with E-state index >= 15 is 0 Å². The summed E-state index contributed by atoms with van der Waals surface area (Å²) in [6.45, 7) is 1.50. The van der Waals surface area contributed by atoms with Gasteiger partial charge in [0.15, 0.2) is 0 Å². The zero-order chi connectivity index (χ0) is 13.3. The van der Waals surface area contributed by atoms with Crippen LogP contribution in [-0.2, 0) is 7.05 Å². The molecule has 7 nitrogen and oxygen atoms in total. The van der Waals surface area contributed by atoms with E-state index in [9.17, 15) is 14.4 Å². The first-order valence-corrected chi connectivity index (χ1v) is 5.78. The number of hydrogen-bond acceptors (Lipinski definition) is 4. The van der Waals surface area contributed by atoms with Gasteiger partial charge in [0.05, 0.1) is 6.04 Å². The van der Waals surface area contributed by atoms with Crippen molar-refractivity contribution in [2.75, 3.05) is 13.1 Å². The van der Waals surface area contributed by atoms with E-state index in [2.05, 4.69) is 5.32 Å². The predicted molar refractivity (Wildman–Crippen MR) is 64.0 cm³/mol. The normalized spacial score (nSPS) is 19.7. The Morgan fingerprint density at radius 1 is 1.50 bits per heavy atom. The van der Waals surface area contributed by atoms with E-state index in [0.29, 0.717) is 6.54 Å². The van der Waals surface area contributed by atoms with Gasteiger partial charge >= 0.3 is 11.7 Å². The minimum atomic E-state index is -1.31. The fraction of sp³-hybridized carbons (Fsp3) is 0.545. The Bertz CT molecular complexity index is 581. The second-order valence-electron chi connectivity index (χ2n) is 4.40. The summed E-state index contributed by atoms with van der Waals surface area (Å²) in [7, 11) is 1.30. The third-order valence-electron chi connectivity index (χ3n) is 3.21. The van der Waals surface area contributed by atoms with Crippen molar-refractivity contribution in [2.24, 2.45) is 7.05 Å². The molecule has 1 unspecified atom stereocenters. The van der Waals surface area contributed by atoms with Gasteiger partial charge in [0.1, 0.15) is 5.56 Å². The highest BCUT2D eigenvalue weighted by atomic mass is 16.4. The van der Waals surface area contributed by atoms with E-state index in [0.717, 1.165) is 30.2 Å². The number of nitrogens with zero attached hydrogens (tertiary/aromatic N) is 2. The maximum atomic E-state index is 12.0. The minimum absolute atomic E-state index is 0.101. The number of aromatic carboxylic acids is 1. The first kappa shape index (κ1) is 12.6. The lowest BCUT2D eigenvalue weighted by Crippen LogP contribution is -2.45. The summed E-state index contributed by atoms with van der Waals surface area (Å²) in [6.07, 6.45) is 2.87. The molecule has 7 heteroatoms. The molecule has 1 aromatic heterocycles. The Morgan fingerprint density at radius 3 is 2.78 bits per heavy atom. The van der Waals surface area contributed by atoms with Crippen molar-refractivity contribution in [3.05, 3.63) is 32.6 Å². The molecule has 1 aliphatic rings. The van der Waals surface area contributed by atoms with Gasteiger partial charge < -0.3 is 10.4 Å². The van der Waals surface area contributed by atoms with Gasteiger partial charge in [-0.15, -0.1) is 0 Å². The van der Waals surface area contributed by atoms with Crippen molar-refractivity contribution in [1.29, 1.82) is 0 Å². The molecule has 1 atom stereocenters. The summed E-state index contributed by atoms with van der Waals surface area (Å²) in [5.74, 6) is -1.31. The number of carboxylic acids is 1. The fourth-order valence-electron chi connectivity index (χ4n) is 2.17. The van der Waals surface area contributed by atoms with Crippen molar-refractivity contribution in [2.45, 2.75) is 18.9 Å². The number of carbonyl (C=O) groups is 1. The molecular weight excluding hydrogens is 238 g/mol. The van der Waals surface area contributed by atoms with E-state index in [4.69, 9.17) is 5.11 Å². The lowest BCUT2D eigenvalue weighted by Gasteiger charge is -2.25. The third-order valence-corrected chi connectivity index (χ3v) is 3.21. The molecule has 2 N–H and O–H groups in total. The molecule has 0 radical (unpaired) electrons. The topological polar surface area (TPSA) is 93.3 Å². The van der Waals surface area contributed by atoms with Gasteiger partial charge in [0, 0.05) is 19.8 Å². The van der Waals surface area contributed by atoms with Gasteiger partial charge in [-0.1, -0.05) is 0 Å². The van der Waals surface area contributed by atoms with E-state index < -0.39 is 17.2 Å². The Morgan fingerprint density at radius 2 is 2.22 bits per heavy atom. The molecule has 0 saturated carbocycles. The van der Waals surface area contributed by atoms with E-state index in [-0.39, 0.29) is 11.6 Å². The molecule has 2 heterocycles. The van der Waals surface area contributed by atoms with E-state index in [1.807, 2.05) is 0 Å². The summed E-state index contributed by atoms with van der Waals surface area (Å²) in [5, 5.41) is 12.1. The summed E-state index contributed by atoms with van der Waals surface area (Å²) in [5.41, 5.74) is -1.62. The molecule has 1 aliphatic heterocycles. The lowest BCUT2D eigenvalue weighted by molar-refractivity contribution is 0.0692. The van der Waals surface area contributed by atoms with Crippen LogP contribution in [0, 0.1) is 0 Å². The molecule has 0 aliphatic carbocycles. The van der Waals surface area contributed by atoms with Crippen LogP contribution >= 0.6 is 0 Å². The van der Waals surface area contributed by atoms with Crippen molar-refractivity contribution in [1.82, 2.24) is 14.5 Å². The molecule has 0 bridgehead atoms. The van der Waals surface area contributed by atoms with Crippen molar-refractivity contribution < 1.29 is 9.90 Å². The lowest BCUT2D eigenvalue weighted by atomic mass is 10.1. The first-order valence-electron chi connectivity index (χ1n) is 5.78. The standard InChI is InChI=1S/C11H15N3O4/c1-13-9(15)8(10(16)17)6-14(11(13)18)7-3-2-4-12-5-7/h6-7,12H,2-5H2,1H3,(H,16,17). The SMILES string of the molecule is Cn1c(=O)c(C(=O)O)cn(C2CCCNC2)c1=O. The molecule has 2 rings (SSSR count). The highest BCUT2D eigenvalue weighted by molar-refractivity contribution is 5.86. The fourth-order valence-corrected chi connectivity index (χ4v) is 2.17. The van der Waals surface area contributed by atoms with Gasteiger partial charge in [-0.25, -0.2) is 9.59 Å². The van der Waals surface area contributed by atoms with Gasteiger partial charge in [0.2, 0.25) is 0 Å². The largest absolute Gasteiger partial charge is 0.477 e. The number of aromatic nitrogens is 2. The molecule has 0 amide bonds. The average molecular weight is 253 g/mol. The van der Waals surface area contributed by atoms with Gasteiger partial charge in [-0.2, -0.15) is 0 Å². The Kier molecular flexibility index (Phi) is 3.33. The maximum Gasteiger partial charge on any atom is 0.342 e. The summed E-state index contributed by atoms with van der Waals surface area (Å²) in [6, 6.07) is -0.101. The Labute approximate surface area is 103 Å². The zero-order valence-electron chi connectivity index (χ0n) is 10.0. The minimum Gasteiger partial charge on any atom is -0.477 e. The average Bonchev–Trinajstić information content (AvgIpc) is 2.37. The van der Waals surface area contributed by atoms with Crippen LogP contribution in [0.15, 0.2) is 15.8 Å². The van der Waals surface area contributed by atoms with Crippen molar-refractivity contribution in [3.63, 3.8) is 0 Å². The second-order valence-corrected chi connectivity index (χ2v) is 4.40. The second kappa shape index (κ2) is 4.77. The van der Waals surface area contributed by atoms with Crippen LogP contribution in [0.1, 0.15) is 29.2 Å². The molecule has 0 aromatic carbocycles. The molecule has 98 valence electrons. The van der Waals surface area contributed by atoms with Crippen LogP contribution < -0.4 is 16.6 Å². The van der Waals surface area contributed by atoms with Crippen LogP contribution in [0.2, 0.25) is 0 Å². The van der Waals surface area contributed by atoms with Crippen molar-refractivity contribution >= 4 is 5.97 Å². The van der Waals surface area contributed by atoms with E-state index in [1.54, 1.807) is 0 Å². The van der Waals surface area contributed by atoms with E-state index in [1.165, 1.54) is 11.6 Å². The van der Waals surface area contributed by atoms with Crippen LogP contribution in [0.3, 0.4) is 0 Å². The Balaban J connectivity index is 2.56. The number of carboxylic acid groups (broad SMARTS) is 1. The molecule has 1 aromatic rings. The molecule has 1 saturated heterocycles. The molecule has 1 fully saturated rings. The highest BCUT2D eigenvalue weighted by Gasteiger charge is 2.21. The quantitative estimate of drug-likeness (QED) is 0.717. The maximum absolute atomic E-state index is 12.0. The smallest absolute Gasteiger partial charge is 0.342 e. The predicted octanol–water partition coefficient (Wildman–Crippen LogP) is -0.830. The molecule has 18 heavy (non-hydrogen) atoms. The monoisotopic (exact) mass is 253 g/mol. The van der Waals surface area contributed by atoms with Gasteiger partial charge in [0.25, 0.3) is 5.56 Å². The summed E-state index contributed by atoms with van der Waals surface area (Å²) < 4.78 is 2.19. The van der Waals surface area contributed by atoms with Crippen molar-refractivity contribution in [3.8, 4) is 0 Å². The Hall–Kier alpha value is -1.89. The summed E-state index contributed by atoms with van der Waals surface area (Å²) >= 11 is 0. The third kappa shape index (κ3) is 2.08. The van der Waals surface area contributed by atoms with Crippen LogP contribution in [-0.4, -0.2) is 33.3 Å². The van der Waals surface area contributed by atoms with Gasteiger partial charge in [-0.3, -0.25) is 13.9 Å². The van der Waals surface area contributed by atoms with Crippen LogP contribution in [0.5, 0.6) is 0 Å². The van der Waals surface area contributed by atoms with Crippen LogP contribution in [0.4, 0.5) is 0 Å². The first-order chi connectivity index (χ1) is 8.52. The summed E-state index contributed by atoms with van der Waals surface area (Å²) in [4.78, 5) is 34.6. The highest BCUT2D eigenvalue weighted by Crippen LogP contribution is 2.13. The van der Waals surface area contributed by atoms with Gasteiger partial charge in [-0.05, 0) is 19.4 Å².